The molecule has 0 bridgehead atoms. The first-order valence-corrected chi connectivity index (χ1v) is 7.60. The molecular weight excluding hydrogens is 194 g/mol. The Bertz CT molecular complexity index is 202. The summed E-state index contributed by atoms with van der Waals surface area (Å²) in [5, 5.41) is 0. The molecule has 0 aromatic rings. The van der Waals surface area contributed by atoms with E-state index in [1.165, 1.54) is 64.2 Å². The number of hydrogen-bond acceptors (Lipinski definition) is 1. The van der Waals surface area contributed by atoms with E-state index in [0.717, 1.165) is 18.1 Å². The van der Waals surface area contributed by atoms with Crippen molar-refractivity contribution in [3.05, 3.63) is 0 Å². The largest absolute Gasteiger partial charge is 0.295 e. The third-order valence-corrected chi connectivity index (χ3v) is 4.74. The highest BCUT2D eigenvalue weighted by atomic mass is 15.3. The summed E-state index contributed by atoms with van der Waals surface area (Å²) >= 11 is 0. The first-order valence-electron chi connectivity index (χ1n) is 7.60. The van der Waals surface area contributed by atoms with Gasteiger partial charge in [0.1, 0.15) is 0 Å². The molecule has 0 aromatic carbocycles. The van der Waals surface area contributed by atoms with E-state index in [1.54, 1.807) is 0 Å². The van der Waals surface area contributed by atoms with Gasteiger partial charge in [-0.25, -0.2) is 0 Å². The Morgan fingerprint density at radius 2 is 1.69 bits per heavy atom. The quantitative estimate of drug-likeness (QED) is 0.605. The van der Waals surface area contributed by atoms with Crippen LogP contribution in [0.5, 0.6) is 0 Å². The van der Waals surface area contributed by atoms with Crippen molar-refractivity contribution in [3.8, 4) is 0 Å². The predicted octanol–water partition coefficient (Wildman–Crippen LogP) is 4.36. The minimum Gasteiger partial charge on any atom is -0.295 e. The van der Waals surface area contributed by atoms with E-state index in [0.29, 0.717) is 0 Å². The van der Waals surface area contributed by atoms with Crippen LogP contribution in [0.4, 0.5) is 0 Å². The Hall–Kier alpha value is -0.0400. The van der Waals surface area contributed by atoms with Crippen LogP contribution in [0.2, 0.25) is 0 Å². The molecule has 2 heterocycles. The highest BCUT2D eigenvalue weighted by Gasteiger charge is 2.39. The van der Waals surface area contributed by atoms with Crippen LogP contribution in [0, 0.1) is 0 Å². The molecule has 16 heavy (non-hydrogen) atoms. The Morgan fingerprint density at radius 3 is 2.50 bits per heavy atom. The minimum atomic E-state index is 0.883. The summed E-state index contributed by atoms with van der Waals surface area (Å²) in [6.07, 6.45) is 14.6. The van der Waals surface area contributed by atoms with E-state index in [1.807, 2.05) is 0 Å². The standard InChI is InChI=1S/C15H29N/c1-3-4-5-6-7-8-14-11-12-15-10-9-13(2)16(14)15/h13-15H,3-12H2,1-2H3/t13-,14+,15+/m0/s1. The van der Waals surface area contributed by atoms with Crippen molar-refractivity contribution in [2.45, 2.75) is 96.2 Å². The molecule has 1 heteroatoms. The molecule has 2 aliphatic rings. The first-order chi connectivity index (χ1) is 7.83. The van der Waals surface area contributed by atoms with Gasteiger partial charge in [0.25, 0.3) is 0 Å². The second-order valence-electron chi connectivity index (χ2n) is 5.96. The van der Waals surface area contributed by atoms with Crippen molar-refractivity contribution < 1.29 is 0 Å². The molecule has 94 valence electrons. The van der Waals surface area contributed by atoms with Crippen molar-refractivity contribution in [3.63, 3.8) is 0 Å². The highest BCUT2D eigenvalue weighted by Crippen LogP contribution is 2.38. The van der Waals surface area contributed by atoms with Crippen LogP contribution in [0.15, 0.2) is 0 Å². The summed E-state index contributed by atoms with van der Waals surface area (Å²) in [5.74, 6) is 0. The SMILES string of the molecule is CCCCCCC[C@@H]1CC[C@H]2CC[C@H](C)N12. The summed E-state index contributed by atoms with van der Waals surface area (Å²) in [6, 6.07) is 2.80. The maximum Gasteiger partial charge on any atom is 0.0102 e. The first kappa shape index (κ1) is 12.4. The van der Waals surface area contributed by atoms with Gasteiger partial charge in [-0.2, -0.15) is 0 Å². The van der Waals surface area contributed by atoms with Gasteiger partial charge in [-0.3, -0.25) is 4.90 Å². The van der Waals surface area contributed by atoms with Gasteiger partial charge < -0.3 is 0 Å². The van der Waals surface area contributed by atoms with Crippen LogP contribution in [0.3, 0.4) is 0 Å². The monoisotopic (exact) mass is 223 g/mol. The molecule has 0 saturated carbocycles. The second kappa shape index (κ2) is 6.05. The molecule has 0 spiro atoms. The zero-order chi connectivity index (χ0) is 11.4. The molecule has 2 rings (SSSR count). The highest BCUT2D eigenvalue weighted by molar-refractivity contribution is 4.95. The van der Waals surface area contributed by atoms with E-state index >= 15 is 0 Å². The van der Waals surface area contributed by atoms with Crippen molar-refractivity contribution in [2.24, 2.45) is 0 Å². The molecule has 0 aromatic heterocycles. The number of hydrogen-bond donors (Lipinski definition) is 0. The van der Waals surface area contributed by atoms with Gasteiger partial charge in [0.15, 0.2) is 0 Å². The minimum absolute atomic E-state index is 0.883. The number of fused-ring (bicyclic) bond motifs is 1. The van der Waals surface area contributed by atoms with Crippen molar-refractivity contribution in [1.82, 2.24) is 4.90 Å². The lowest BCUT2D eigenvalue weighted by molar-refractivity contribution is 0.180. The van der Waals surface area contributed by atoms with E-state index in [2.05, 4.69) is 18.7 Å². The van der Waals surface area contributed by atoms with Gasteiger partial charge in [-0.05, 0) is 39.0 Å². The lowest BCUT2D eigenvalue weighted by Crippen LogP contribution is -2.36. The third-order valence-electron chi connectivity index (χ3n) is 4.74. The predicted molar refractivity (Wildman–Crippen MR) is 70.7 cm³/mol. The van der Waals surface area contributed by atoms with Crippen LogP contribution in [0.1, 0.15) is 78.1 Å². The number of rotatable bonds is 6. The van der Waals surface area contributed by atoms with E-state index in [9.17, 15) is 0 Å². The van der Waals surface area contributed by atoms with Crippen molar-refractivity contribution >= 4 is 0 Å². The van der Waals surface area contributed by atoms with E-state index in [4.69, 9.17) is 0 Å². The second-order valence-corrected chi connectivity index (χ2v) is 5.96. The molecule has 0 amide bonds. The fourth-order valence-electron chi connectivity index (χ4n) is 3.85. The van der Waals surface area contributed by atoms with Crippen molar-refractivity contribution in [2.75, 3.05) is 0 Å². The summed E-state index contributed by atoms with van der Waals surface area (Å²) in [4.78, 5) is 2.86. The fourth-order valence-corrected chi connectivity index (χ4v) is 3.85. The average Bonchev–Trinajstić information content (AvgIpc) is 2.83. The van der Waals surface area contributed by atoms with Crippen LogP contribution in [0.25, 0.3) is 0 Å². The van der Waals surface area contributed by atoms with Crippen LogP contribution in [-0.2, 0) is 0 Å². The fraction of sp³-hybridized carbons (Fsp3) is 1.00. The Labute approximate surface area is 102 Å². The summed E-state index contributed by atoms with van der Waals surface area (Å²) < 4.78 is 0. The molecule has 2 fully saturated rings. The van der Waals surface area contributed by atoms with Gasteiger partial charge in [0.05, 0.1) is 0 Å². The van der Waals surface area contributed by atoms with Crippen LogP contribution >= 0.6 is 0 Å². The van der Waals surface area contributed by atoms with Gasteiger partial charge in [0.2, 0.25) is 0 Å². The Balaban J connectivity index is 1.66. The molecule has 0 radical (unpaired) electrons. The summed E-state index contributed by atoms with van der Waals surface area (Å²) in [7, 11) is 0. The topological polar surface area (TPSA) is 3.24 Å². The zero-order valence-electron chi connectivity index (χ0n) is 11.3. The van der Waals surface area contributed by atoms with E-state index < -0.39 is 0 Å². The maximum absolute atomic E-state index is 2.86. The molecule has 1 nitrogen and oxygen atoms in total. The Kier molecular flexibility index (Phi) is 4.69. The van der Waals surface area contributed by atoms with Crippen LogP contribution in [-0.4, -0.2) is 23.0 Å². The van der Waals surface area contributed by atoms with Crippen LogP contribution < -0.4 is 0 Å². The smallest absolute Gasteiger partial charge is 0.0102 e. The Morgan fingerprint density at radius 1 is 0.938 bits per heavy atom. The van der Waals surface area contributed by atoms with Gasteiger partial charge in [-0.1, -0.05) is 39.0 Å². The number of unbranched alkanes of at least 4 members (excludes halogenated alkanes) is 4. The third kappa shape index (κ3) is 2.80. The molecule has 0 N–H and O–H groups in total. The molecule has 0 aliphatic carbocycles. The van der Waals surface area contributed by atoms with Gasteiger partial charge >= 0.3 is 0 Å². The number of nitrogens with zero attached hydrogens (tertiary/aromatic N) is 1. The maximum atomic E-state index is 2.86. The normalized spacial score (nSPS) is 34.5. The van der Waals surface area contributed by atoms with Gasteiger partial charge in [0, 0.05) is 18.1 Å². The zero-order valence-corrected chi connectivity index (χ0v) is 11.3. The molecule has 3 atom stereocenters. The molecule has 2 aliphatic heterocycles. The van der Waals surface area contributed by atoms with Gasteiger partial charge in [-0.15, -0.1) is 0 Å². The lowest BCUT2D eigenvalue weighted by Gasteiger charge is -2.28. The van der Waals surface area contributed by atoms with Crippen molar-refractivity contribution in [1.29, 1.82) is 0 Å². The molecule has 0 unspecified atom stereocenters. The lowest BCUT2D eigenvalue weighted by atomic mass is 10.0. The summed E-state index contributed by atoms with van der Waals surface area (Å²) in [6.45, 7) is 4.74. The molecular formula is C15H29N. The summed E-state index contributed by atoms with van der Waals surface area (Å²) in [5.41, 5.74) is 0. The molecule has 2 saturated heterocycles. The average molecular weight is 223 g/mol. The van der Waals surface area contributed by atoms with E-state index in [-0.39, 0.29) is 0 Å².